The number of carbonyl (C=O) groups is 1. The van der Waals surface area contributed by atoms with Crippen molar-refractivity contribution in [2.45, 2.75) is 6.04 Å². The Kier molecular flexibility index (Phi) is 3.16. The Bertz CT molecular complexity index is 556. The zero-order valence-electron chi connectivity index (χ0n) is 11.9. The van der Waals surface area contributed by atoms with E-state index in [4.69, 9.17) is 0 Å². The molecular formula is C14H20N6O. The molecule has 21 heavy (non-hydrogen) atoms. The molecule has 4 rings (SSSR count). The number of aromatic nitrogens is 1. The number of rotatable bonds is 1. The number of carbonyl (C=O) groups excluding carboxylic acids is 1. The van der Waals surface area contributed by atoms with E-state index in [1.54, 1.807) is 0 Å². The van der Waals surface area contributed by atoms with Crippen LogP contribution in [0, 0.1) is 0 Å². The number of fused-ring (bicyclic) bond motifs is 3. The molecule has 1 aromatic rings. The van der Waals surface area contributed by atoms with Gasteiger partial charge < -0.3 is 25.8 Å². The first-order valence-corrected chi connectivity index (χ1v) is 7.57. The molecule has 7 heteroatoms. The molecule has 2 saturated heterocycles. The fourth-order valence-corrected chi connectivity index (χ4v) is 3.27. The van der Waals surface area contributed by atoms with E-state index in [9.17, 15) is 4.79 Å². The van der Waals surface area contributed by atoms with Crippen molar-refractivity contribution in [3.63, 3.8) is 0 Å². The van der Waals surface area contributed by atoms with E-state index < -0.39 is 0 Å². The SMILES string of the molecule is O=C1Nc2cc(N3CCNCC3)cnc2N2CCNCC12. The molecule has 0 bridgehead atoms. The molecule has 3 N–H and O–H groups in total. The number of hydrogen-bond donors (Lipinski definition) is 3. The van der Waals surface area contributed by atoms with Gasteiger partial charge in [0.15, 0.2) is 5.82 Å². The third-order valence-electron chi connectivity index (χ3n) is 4.41. The van der Waals surface area contributed by atoms with Gasteiger partial charge in [0.25, 0.3) is 0 Å². The molecule has 0 spiro atoms. The lowest BCUT2D eigenvalue weighted by atomic mass is 10.1. The quantitative estimate of drug-likeness (QED) is 0.630. The molecular weight excluding hydrogens is 268 g/mol. The molecule has 1 amide bonds. The molecule has 112 valence electrons. The van der Waals surface area contributed by atoms with Crippen LogP contribution in [-0.4, -0.2) is 62.7 Å². The van der Waals surface area contributed by atoms with Gasteiger partial charge in [0.1, 0.15) is 6.04 Å². The summed E-state index contributed by atoms with van der Waals surface area (Å²) in [5.41, 5.74) is 1.93. The smallest absolute Gasteiger partial charge is 0.248 e. The van der Waals surface area contributed by atoms with Crippen LogP contribution in [0.1, 0.15) is 0 Å². The highest BCUT2D eigenvalue weighted by Crippen LogP contribution is 2.33. The molecule has 3 aliphatic rings. The summed E-state index contributed by atoms with van der Waals surface area (Å²) in [7, 11) is 0. The molecule has 0 aromatic carbocycles. The minimum Gasteiger partial charge on any atom is -0.368 e. The van der Waals surface area contributed by atoms with Gasteiger partial charge in [-0.15, -0.1) is 0 Å². The molecule has 1 unspecified atom stereocenters. The lowest BCUT2D eigenvalue weighted by Gasteiger charge is -2.40. The first-order valence-electron chi connectivity index (χ1n) is 7.57. The molecule has 1 aromatic heterocycles. The van der Waals surface area contributed by atoms with Gasteiger partial charge in [-0.3, -0.25) is 4.79 Å². The summed E-state index contributed by atoms with van der Waals surface area (Å²) < 4.78 is 0. The maximum Gasteiger partial charge on any atom is 0.248 e. The Morgan fingerprint density at radius 1 is 1.14 bits per heavy atom. The zero-order valence-corrected chi connectivity index (χ0v) is 11.9. The Morgan fingerprint density at radius 3 is 2.81 bits per heavy atom. The van der Waals surface area contributed by atoms with Crippen molar-refractivity contribution in [1.82, 2.24) is 15.6 Å². The normalized spacial score (nSPS) is 25.1. The van der Waals surface area contributed by atoms with Crippen molar-refractivity contribution >= 4 is 23.1 Å². The average Bonchev–Trinajstić information content (AvgIpc) is 2.55. The number of nitrogens with one attached hydrogen (secondary N) is 3. The van der Waals surface area contributed by atoms with Crippen molar-refractivity contribution in [2.24, 2.45) is 0 Å². The second-order valence-corrected chi connectivity index (χ2v) is 5.70. The van der Waals surface area contributed by atoms with Crippen molar-refractivity contribution < 1.29 is 4.79 Å². The third kappa shape index (κ3) is 2.22. The summed E-state index contributed by atoms with van der Waals surface area (Å²) in [6, 6.07) is 1.92. The number of anilines is 3. The molecule has 0 radical (unpaired) electrons. The van der Waals surface area contributed by atoms with Crippen LogP contribution < -0.4 is 25.8 Å². The fraction of sp³-hybridized carbons (Fsp3) is 0.571. The van der Waals surface area contributed by atoms with E-state index in [0.29, 0.717) is 6.54 Å². The van der Waals surface area contributed by atoms with Crippen LogP contribution in [0.2, 0.25) is 0 Å². The van der Waals surface area contributed by atoms with Crippen LogP contribution in [-0.2, 0) is 4.79 Å². The molecule has 0 saturated carbocycles. The molecule has 4 heterocycles. The monoisotopic (exact) mass is 288 g/mol. The molecule has 2 fully saturated rings. The number of nitrogens with zero attached hydrogens (tertiary/aromatic N) is 3. The first kappa shape index (κ1) is 12.8. The van der Waals surface area contributed by atoms with Gasteiger partial charge >= 0.3 is 0 Å². The average molecular weight is 288 g/mol. The fourth-order valence-electron chi connectivity index (χ4n) is 3.27. The third-order valence-corrected chi connectivity index (χ3v) is 4.41. The highest BCUT2D eigenvalue weighted by molar-refractivity contribution is 6.03. The first-order chi connectivity index (χ1) is 10.3. The van der Waals surface area contributed by atoms with Gasteiger partial charge in [-0.2, -0.15) is 0 Å². The molecule has 3 aliphatic heterocycles. The Hall–Kier alpha value is -1.86. The minimum absolute atomic E-state index is 0.0639. The second kappa shape index (κ2) is 5.16. The van der Waals surface area contributed by atoms with Crippen molar-refractivity contribution in [3.8, 4) is 0 Å². The summed E-state index contributed by atoms with van der Waals surface area (Å²) >= 11 is 0. The predicted octanol–water partition coefficient (Wildman–Crippen LogP) is -0.778. The van der Waals surface area contributed by atoms with Crippen LogP contribution in [0.15, 0.2) is 12.3 Å². The minimum atomic E-state index is -0.135. The standard InChI is InChI=1S/C14H20N6O/c21-14-12-9-16-3-6-20(12)13-11(18-14)7-10(8-17-13)19-4-1-15-2-5-19/h7-8,12,15-16H,1-6,9H2,(H,18,21). The highest BCUT2D eigenvalue weighted by Gasteiger charge is 2.35. The largest absolute Gasteiger partial charge is 0.368 e. The van der Waals surface area contributed by atoms with E-state index in [1.165, 1.54) is 0 Å². The van der Waals surface area contributed by atoms with Crippen molar-refractivity contribution in [3.05, 3.63) is 12.3 Å². The van der Waals surface area contributed by atoms with Gasteiger partial charge in [-0.25, -0.2) is 4.98 Å². The molecule has 7 nitrogen and oxygen atoms in total. The van der Waals surface area contributed by atoms with E-state index in [2.05, 4.69) is 36.8 Å². The lowest BCUT2D eigenvalue weighted by molar-refractivity contribution is -0.117. The number of amides is 1. The van der Waals surface area contributed by atoms with Gasteiger partial charge in [0.2, 0.25) is 5.91 Å². The predicted molar refractivity (Wildman–Crippen MR) is 82.0 cm³/mol. The van der Waals surface area contributed by atoms with Crippen LogP contribution in [0.25, 0.3) is 0 Å². The Morgan fingerprint density at radius 2 is 1.95 bits per heavy atom. The van der Waals surface area contributed by atoms with E-state index in [0.717, 1.165) is 56.5 Å². The topological polar surface area (TPSA) is 72.5 Å². The maximum absolute atomic E-state index is 12.2. The van der Waals surface area contributed by atoms with Gasteiger partial charge in [-0.1, -0.05) is 0 Å². The summed E-state index contributed by atoms with van der Waals surface area (Å²) in [6.07, 6.45) is 1.93. The summed E-state index contributed by atoms with van der Waals surface area (Å²) in [4.78, 5) is 21.3. The van der Waals surface area contributed by atoms with Gasteiger partial charge in [-0.05, 0) is 6.07 Å². The van der Waals surface area contributed by atoms with Crippen LogP contribution in [0.4, 0.5) is 17.2 Å². The van der Waals surface area contributed by atoms with Crippen molar-refractivity contribution in [2.75, 3.05) is 60.9 Å². The summed E-state index contributed by atoms with van der Waals surface area (Å²) in [5.74, 6) is 0.967. The van der Waals surface area contributed by atoms with Gasteiger partial charge in [0, 0.05) is 45.8 Å². The van der Waals surface area contributed by atoms with E-state index >= 15 is 0 Å². The number of hydrogen-bond acceptors (Lipinski definition) is 6. The highest BCUT2D eigenvalue weighted by atomic mass is 16.2. The summed E-state index contributed by atoms with van der Waals surface area (Å²) in [5, 5.41) is 9.62. The van der Waals surface area contributed by atoms with Crippen molar-refractivity contribution in [1.29, 1.82) is 0 Å². The van der Waals surface area contributed by atoms with E-state index in [1.807, 2.05) is 6.20 Å². The van der Waals surface area contributed by atoms with Crippen LogP contribution in [0.5, 0.6) is 0 Å². The summed E-state index contributed by atoms with van der Waals surface area (Å²) in [6.45, 7) is 6.34. The molecule has 1 atom stereocenters. The number of piperazine rings is 2. The van der Waals surface area contributed by atoms with Crippen LogP contribution >= 0.6 is 0 Å². The number of pyridine rings is 1. The van der Waals surface area contributed by atoms with E-state index in [-0.39, 0.29) is 11.9 Å². The Labute approximate surface area is 123 Å². The lowest BCUT2D eigenvalue weighted by Crippen LogP contribution is -2.59. The zero-order chi connectivity index (χ0) is 14.2. The maximum atomic E-state index is 12.2. The molecule has 0 aliphatic carbocycles. The second-order valence-electron chi connectivity index (χ2n) is 5.70. The van der Waals surface area contributed by atoms with Crippen LogP contribution in [0.3, 0.4) is 0 Å². The van der Waals surface area contributed by atoms with Gasteiger partial charge in [0.05, 0.1) is 17.6 Å². The Balaban J connectivity index is 1.65.